The quantitative estimate of drug-likeness (QED) is 0.766. The molecule has 0 radical (unpaired) electrons. The number of para-hydroxylation sites is 1. The zero-order valence-corrected chi connectivity index (χ0v) is 11.6. The highest BCUT2D eigenvalue weighted by molar-refractivity contribution is 5.94. The molecule has 0 saturated carbocycles. The first-order chi connectivity index (χ1) is 9.76. The first-order valence-corrected chi connectivity index (χ1v) is 6.54. The van der Waals surface area contributed by atoms with E-state index in [2.05, 4.69) is 16.4 Å². The Kier molecular flexibility index (Phi) is 3.25. The SMILES string of the molecule is COc1ccc2c(Nc3ccccc3)cc(C)nc2c1. The van der Waals surface area contributed by atoms with Crippen LogP contribution in [0.1, 0.15) is 5.69 Å². The van der Waals surface area contributed by atoms with Gasteiger partial charge in [-0.1, -0.05) is 18.2 Å². The molecular weight excluding hydrogens is 248 g/mol. The minimum absolute atomic E-state index is 0.821. The second kappa shape index (κ2) is 5.21. The molecule has 1 N–H and O–H groups in total. The molecule has 3 heteroatoms. The number of nitrogens with one attached hydrogen (secondary N) is 1. The highest BCUT2D eigenvalue weighted by Gasteiger charge is 2.05. The molecule has 0 unspecified atom stereocenters. The van der Waals surface area contributed by atoms with Crippen LogP contribution in [0.3, 0.4) is 0 Å². The largest absolute Gasteiger partial charge is 0.497 e. The van der Waals surface area contributed by atoms with E-state index >= 15 is 0 Å². The van der Waals surface area contributed by atoms with Crippen LogP contribution < -0.4 is 10.1 Å². The number of hydrogen-bond donors (Lipinski definition) is 1. The molecular formula is C17H16N2O. The van der Waals surface area contributed by atoms with Gasteiger partial charge in [0.1, 0.15) is 5.75 Å². The molecule has 3 nitrogen and oxygen atoms in total. The van der Waals surface area contributed by atoms with E-state index in [0.717, 1.165) is 33.7 Å². The first kappa shape index (κ1) is 12.5. The summed E-state index contributed by atoms with van der Waals surface area (Å²) in [6, 6.07) is 18.1. The number of aryl methyl sites for hydroxylation is 1. The van der Waals surface area contributed by atoms with Crippen molar-refractivity contribution in [3.63, 3.8) is 0 Å². The number of hydrogen-bond acceptors (Lipinski definition) is 3. The predicted octanol–water partition coefficient (Wildman–Crippen LogP) is 4.30. The van der Waals surface area contributed by atoms with Crippen molar-refractivity contribution >= 4 is 22.3 Å². The van der Waals surface area contributed by atoms with Crippen molar-refractivity contribution in [2.45, 2.75) is 6.92 Å². The first-order valence-electron chi connectivity index (χ1n) is 6.54. The third-order valence-electron chi connectivity index (χ3n) is 3.20. The lowest BCUT2D eigenvalue weighted by Gasteiger charge is -2.11. The maximum atomic E-state index is 5.26. The fourth-order valence-corrected chi connectivity index (χ4v) is 2.25. The molecule has 1 aromatic heterocycles. The van der Waals surface area contributed by atoms with Crippen LogP contribution in [0.15, 0.2) is 54.6 Å². The predicted molar refractivity (Wildman–Crippen MR) is 82.8 cm³/mol. The van der Waals surface area contributed by atoms with Crippen molar-refractivity contribution in [1.82, 2.24) is 4.98 Å². The second-order valence-corrected chi connectivity index (χ2v) is 4.69. The Balaban J connectivity index is 2.10. The van der Waals surface area contributed by atoms with Crippen molar-refractivity contribution in [3.05, 3.63) is 60.3 Å². The van der Waals surface area contributed by atoms with Crippen LogP contribution in [-0.4, -0.2) is 12.1 Å². The fourth-order valence-electron chi connectivity index (χ4n) is 2.25. The zero-order chi connectivity index (χ0) is 13.9. The van der Waals surface area contributed by atoms with E-state index in [0.29, 0.717) is 0 Å². The molecule has 0 atom stereocenters. The van der Waals surface area contributed by atoms with Gasteiger partial charge >= 0.3 is 0 Å². The summed E-state index contributed by atoms with van der Waals surface area (Å²) in [7, 11) is 1.67. The van der Waals surface area contributed by atoms with Crippen LogP contribution in [0.5, 0.6) is 5.75 Å². The highest BCUT2D eigenvalue weighted by Crippen LogP contribution is 2.28. The van der Waals surface area contributed by atoms with Crippen molar-refractivity contribution in [2.75, 3.05) is 12.4 Å². The second-order valence-electron chi connectivity index (χ2n) is 4.69. The number of anilines is 2. The smallest absolute Gasteiger partial charge is 0.121 e. The van der Waals surface area contributed by atoms with Gasteiger partial charge in [-0.2, -0.15) is 0 Å². The summed E-state index contributed by atoms with van der Waals surface area (Å²) in [5, 5.41) is 4.53. The summed E-state index contributed by atoms with van der Waals surface area (Å²) in [5.41, 5.74) is 4.03. The molecule has 0 aliphatic carbocycles. The molecule has 1 heterocycles. The van der Waals surface area contributed by atoms with Crippen LogP contribution in [0, 0.1) is 6.92 Å². The van der Waals surface area contributed by atoms with E-state index in [9.17, 15) is 0 Å². The van der Waals surface area contributed by atoms with Crippen LogP contribution in [-0.2, 0) is 0 Å². The Labute approximate surface area is 118 Å². The van der Waals surface area contributed by atoms with Crippen LogP contribution in [0.25, 0.3) is 10.9 Å². The third-order valence-corrected chi connectivity index (χ3v) is 3.20. The Morgan fingerprint density at radius 2 is 1.80 bits per heavy atom. The van der Waals surface area contributed by atoms with Gasteiger partial charge in [0, 0.05) is 28.5 Å². The number of nitrogens with zero attached hydrogens (tertiary/aromatic N) is 1. The Bertz CT molecular complexity index is 739. The van der Waals surface area contributed by atoms with Crippen molar-refractivity contribution in [1.29, 1.82) is 0 Å². The topological polar surface area (TPSA) is 34.1 Å². The highest BCUT2D eigenvalue weighted by atomic mass is 16.5. The Morgan fingerprint density at radius 1 is 1.00 bits per heavy atom. The summed E-state index contributed by atoms with van der Waals surface area (Å²) in [6.07, 6.45) is 0. The number of pyridine rings is 1. The molecule has 20 heavy (non-hydrogen) atoms. The average molecular weight is 264 g/mol. The van der Waals surface area contributed by atoms with Gasteiger partial charge in [0.15, 0.2) is 0 Å². The number of ether oxygens (including phenoxy) is 1. The maximum Gasteiger partial charge on any atom is 0.121 e. The normalized spacial score (nSPS) is 10.5. The van der Waals surface area contributed by atoms with Crippen molar-refractivity contribution in [2.24, 2.45) is 0 Å². The fraction of sp³-hybridized carbons (Fsp3) is 0.118. The summed E-state index contributed by atoms with van der Waals surface area (Å²) in [6.45, 7) is 2.00. The lowest BCUT2D eigenvalue weighted by molar-refractivity contribution is 0.415. The third kappa shape index (κ3) is 2.43. The molecule has 100 valence electrons. The average Bonchev–Trinajstić information content (AvgIpc) is 2.47. The molecule has 0 bridgehead atoms. The van der Waals surface area contributed by atoms with Gasteiger partial charge in [-0.25, -0.2) is 0 Å². The summed E-state index contributed by atoms with van der Waals surface area (Å²) >= 11 is 0. The Hall–Kier alpha value is -2.55. The van der Waals surface area contributed by atoms with Crippen LogP contribution >= 0.6 is 0 Å². The number of benzene rings is 2. The van der Waals surface area contributed by atoms with E-state index in [1.807, 2.05) is 55.5 Å². The van der Waals surface area contributed by atoms with E-state index in [4.69, 9.17) is 4.74 Å². The van der Waals surface area contributed by atoms with E-state index in [1.165, 1.54) is 0 Å². The molecule has 3 aromatic rings. The number of methoxy groups -OCH3 is 1. The molecule has 0 spiro atoms. The molecule has 0 fully saturated rings. The van der Waals surface area contributed by atoms with Gasteiger partial charge in [0.2, 0.25) is 0 Å². The van der Waals surface area contributed by atoms with Crippen molar-refractivity contribution < 1.29 is 4.74 Å². The van der Waals surface area contributed by atoms with Gasteiger partial charge in [-0.3, -0.25) is 4.98 Å². The lowest BCUT2D eigenvalue weighted by atomic mass is 10.1. The minimum atomic E-state index is 0.821. The number of fused-ring (bicyclic) bond motifs is 1. The van der Waals surface area contributed by atoms with Gasteiger partial charge in [0.05, 0.1) is 12.6 Å². The lowest BCUT2D eigenvalue weighted by Crippen LogP contribution is -1.95. The molecule has 0 amide bonds. The van der Waals surface area contributed by atoms with E-state index in [-0.39, 0.29) is 0 Å². The molecule has 3 rings (SSSR count). The summed E-state index contributed by atoms with van der Waals surface area (Å²) in [5.74, 6) is 0.821. The molecule has 2 aromatic carbocycles. The summed E-state index contributed by atoms with van der Waals surface area (Å²) < 4.78 is 5.26. The van der Waals surface area contributed by atoms with Gasteiger partial charge in [-0.15, -0.1) is 0 Å². The number of rotatable bonds is 3. The minimum Gasteiger partial charge on any atom is -0.497 e. The van der Waals surface area contributed by atoms with Gasteiger partial charge < -0.3 is 10.1 Å². The monoisotopic (exact) mass is 264 g/mol. The van der Waals surface area contributed by atoms with Crippen LogP contribution in [0.4, 0.5) is 11.4 Å². The maximum absolute atomic E-state index is 5.26. The zero-order valence-electron chi connectivity index (χ0n) is 11.6. The molecule has 0 aliphatic heterocycles. The van der Waals surface area contributed by atoms with E-state index in [1.54, 1.807) is 7.11 Å². The van der Waals surface area contributed by atoms with Gasteiger partial charge in [-0.05, 0) is 37.3 Å². The molecule has 0 saturated heterocycles. The van der Waals surface area contributed by atoms with Gasteiger partial charge in [0.25, 0.3) is 0 Å². The summed E-state index contributed by atoms with van der Waals surface area (Å²) in [4.78, 5) is 4.57. The van der Waals surface area contributed by atoms with E-state index < -0.39 is 0 Å². The Morgan fingerprint density at radius 3 is 2.55 bits per heavy atom. The van der Waals surface area contributed by atoms with Crippen LogP contribution in [0.2, 0.25) is 0 Å². The standard InChI is InChI=1S/C17H16N2O/c1-12-10-16(19-13-6-4-3-5-7-13)15-9-8-14(20-2)11-17(15)18-12/h3-11H,1-2H3,(H,18,19). The molecule has 0 aliphatic rings. The number of aromatic nitrogens is 1. The van der Waals surface area contributed by atoms with Crippen molar-refractivity contribution in [3.8, 4) is 5.75 Å².